The summed E-state index contributed by atoms with van der Waals surface area (Å²) in [6.45, 7) is -0.129. The lowest BCUT2D eigenvalue weighted by molar-refractivity contribution is -0.177. The molecule has 67 heavy (non-hydrogen) atoms. The fourth-order valence-corrected chi connectivity index (χ4v) is 11.5. The Kier molecular flexibility index (Phi) is 11.9. The van der Waals surface area contributed by atoms with E-state index in [1.165, 1.54) is 30.6 Å². The van der Waals surface area contributed by atoms with E-state index in [-0.39, 0.29) is 35.3 Å². The molecule has 0 radical (unpaired) electrons. The number of para-hydroxylation sites is 1. The van der Waals surface area contributed by atoms with E-state index in [1.54, 1.807) is 30.3 Å². The summed E-state index contributed by atoms with van der Waals surface area (Å²) in [7, 11) is 1.46. The molecule has 3 N–H and O–H groups in total. The van der Waals surface area contributed by atoms with E-state index >= 15 is 14.4 Å². The number of nitrogens with zero attached hydrogens (tertiary/aromatic N) is 3. The van der Waals surface area contributed by atoms with Crippen LogP contribution in [0.25, 0.3) is 10.2 Å². The van der Waals surface area contributed by atoms with Gasteiger partial charge in [-0.3, -0.25) is 19.3 Å². The Bertz CT molecular complexity index is 2880. The molecule has 4 heterocycles. The van der Waals surface area contributed by atoms with Crippen LogP contribution in [0.3, 0.4) is 0 Å². The van der Waals surface area contributed by atoms with Crippen LogP contribution in [-0.2, 0) is 34.0 Å². The number of phenols is 1. The van der Waals surface area contributed by atoms with E-state index in [1.807, 2.05) is 89.8 Å². The number of phenolic OH excluding ortho intramolecular Hbond substituents is 1. The van der Waals surface area contributed by atoms with Crippen molar-refractivity contribution in [2.75, 3.05) is 30.5 Å². The molecular formula is C53H48N4O9S. The van der Waals surface area contributed by atoms with Crippen LogP contribution in [0.4, 0.5) is 15.6 Å². The molecule has 5 aromatic carbocycles. The molecule has 6 aromatic rings. The van der Waals surface area contributed by atoms with Gasteiger partial charge in [-0.25, -0.2) is 14.7 Å². The topological polar surface area (TPSA) is 168 Å². The molecule has 6 atom stereocenters. The summed E-state index contributed by atoms with van der Waals surface area (Å²) in [6, 6.07) is 34.1. The van der Waals surface area contributed by atoms with Crippen molar-refractivity contribution in [2.24, 2.45) is 5.92 Å². The van der Waals surface area contributed by atoms with E-state index in [0.29, 0.717) is 35.0 Å². The molecule has 1 aromatic heterocycles. The van der Waals surface area contributed by atoms with Gasteiger partial charge < -0.3 is 29.7 Å². The second-order valence-corrected chi connectivity index (χ2v) is 18.5. The quantitative estimate of drug-likeness (QED) is 0.0580. The number of fused-ring (bicyclic) bond motifs is 4. The summed E-state index contributed by atoms with van der Waals surface area (Å²) < 4.78 is 18.2. The fourth-order valence-electron chi connectivity index (χ4n) is 10.6. The molecule has 1 spiro atoms. The number of aliphatic hydroxyl groups is 1. The van der Waals surface area contributed by atoms with Crippen molar-refractivity contribution >= 4 is 56.2 Å². The molecule has 1 saturated carbocycles. The van der Waals surface area contributed by atoms with Crippen LogP contribution in [0.1, 0.15) is 84.5 Å². The maximum atomic E-state index is 16.4. The smallest absolute Gasteiger partial charge is 0.421 e. The number of hydrogen-bond acceptors (Lipinski definition) is 12. The Morgan fingerprint density at radius 2 is 1.52 bits per heavy atom. The van der Waals surface area contributed by atoms with Crippen LogP contribution in [-0.4, -0.2) is 75.9 Å². The summed E-state index contributed by atoms with van der Waals surface area (Å²) in [4.78, 5) is 69.6. The van der Waals surface area contributed by atoms with Gasteiger partial charge in [-0.15, -0.1) is 0 Å². The zero-order valence-electron chi connectivity index (χ0n) is 36.7. The number of nitrogens with one attached hydrogen (secondary N) is 1. The highest BCUT2D eigenvalue weighted by molar-refractivity contribution is 7.22. The van der Waals surface area contributed by atoms with Crippen LogP contribution in [0.15, 0.2) is 127 Å². The Balaban J connectivity index is 1.26. The molecule has 3 amide bonds. The predicted octanol–water partition coefficient (Wildman–Crippen LogP) is 8.53. The molecule has 0 unspecified atom stereocenters. The second-order valence-electron chi connectivity index (χ2n) is 17.5. The minimum Gasteiger partial charge on any atom is -0.508 e. The fraction of sp³-hybridized carbons (Fsp3) is 0.302. The van der Waals surface area contributed by atoms with Crippen molar-refractivity contribution < 1.29 is 43.6 Å². The maximum absolute atomic E-state index is 16.4. The number of ether oxygens (including phenoxy) is 3. The third-order valence-electron chi connectivity index (χ3n) is 13.5. The van der Waals surface area contributed by atoms with E-state index in [4.69, 9.17) is 19.2 Å². The Hall–Kier alpha value is -6.89. The van der Waals surface area contributed by atoms with Gasteiger partial charge in [-0.05, 0) is 90.4 Å². The highest BCUT2D eigenvalue weighted by atomic mass is 32.1. The number of cyclic esters (lactones) is 1. The number of hydrogen-bond donors (Lipinski definition) is 3. The molecule has 3 aliphatic heterocycles. The van der Waals surface area contributed by atoms with E-state index in [9.17, 15) is 15.0 Å². The number of amides is 3. The third-order valence-corrected chi connectivity index (χ3v) is 14.5. The molecule has 2 saturated heterocycles. The van der Waals surface area contributed by atoms with Gasteiger partial charge in [0.2, 0.25) is 11.8 Å². The predicted molar refractivity (Wildman–Crippen MR) is 251 cm³/mol. The minimum atomic E-state index is -2.09. The number of morpholine rings is 1. The SMILES string of the molecule is COCCOC(=O)N1C(=O)[C@@]2(c3cc(C#CC4(O)CCCCCC4)ccc31)[C@H](C(=O)Nc1nc3ccccc3s1)[C@H]1C(=O)O[C@H](c3ccccc3)[C@H](c3ccccc3)N1[C@@H]2c1ccc(O)cc1. The number of aromatic hydroxyl groups is 1. The first kappa shape index (κ1) is 44.0. The second kappa shape index (κ2) is 18.1. The van der Waals surface area contributed by atoms with Crippen molar-refractivity contribution in [2.45, 2.75) is 73.8 Å². The number of carbonyl (C=O) groups is 4. The Labute approximate surface area is 391 Å². The highest BCUT2D eigenvalue weighted by Crippen LogP contribution is 2.66. The van der Waals surface area contributed by atoms with Crippen LogP contribution in [0.5, 0.6) is 5.75 Å². The number of imide groups is 1. The third kappa shape index (κ3) is 7.81. The van der Waals surface area contributed by atoms with Gasteiger partial charge in [0, 0.05) is 12.7 Å². The van der Waals surface area contributed by atoms with Gasteiger partial charge >= 0.3 is 12.1 Å². The lowest BCUT2D eigenvalue weighted by Crippen LogP contribution is -2.54. The average molecular weight is 917 g/mol. The van der Waals surface area contributed by atoms with Crippen LogP contribution < -0.4 is 10.2 Å². The Morgan fingerprint density at radius 1 is 0.836 bits per heavy atom. The number of rotatable bonds is 8. The van der Waals surface area contributed by atoms with Gasteiger partial charge in [0.25, 0.3) is 0 Å². The normalized spacial score (nSPS) is 24.3. The summed E-state index contributed by atoms with van der Waals surface area (Å²) in [5.41, 5.74) is 0.00242. The molecule has 13 nitrogen and oxygen atoms in total. The molecule has 340 valence electrons. The van der Waals surface area contributed by atoms with Crippen molar-refractivity contribution in [1.82, 2.24) is 9.88 Å². The Morgan fingerprint density at radius 3 is 2.22 bits per heavy atom. The van der Waals surface area contributed by atoms with Crippen molar-refractivity contribution in [1.29, 1.82) is 0 Å². The summed E-state index contributed by atoms with van der Waals surface area (Å²) in [6.07, 6.45) is 2.73. The van der Waals surface area contributed by atoms with Crippen LogP contribution in [0.2, 0.25) is 0 Å². The van der Waals surface area contributed by atoms with Gasteiger partial charge in [-0.2, -0.15) is 0 Å². The number of methoxy groups -OCH3 is 1. The first-order chi connectivity index (χ1) is 32.6. The first-order valence-corrected chi connectivity index (χ1v) is 23.4. The lowest BCUT2D eigenvalue weighted by Gasteiger charge is -2.46. The van der Waals surface area contributed by atoms with Gasteiger partial charge in [0.1, 0.15) is 35.5 Å². The first-order valence-electron chi connectivity index (χ1n) is 22.5. The number of anilines is 2. The monoisotopic (exact) mass is 916 g/mol. The number of benzene rings is 5. The van der Waals surface area contributed by atoms with Crippen molar-refractivity contribution in [3.63, 3.8) is 0 Å². The number of esters is 1. The largest absolute Gasteiger partial charge is 0.508 e. The maximum Gasteiger partial charge on any atom is 0.421 e. The lowest BCUT2D eigenvalue weighted by atomic mass is 9.65. The molecule has 4 aliphatic rings. The number of thiazole rings is 1. The van der Waals surface area contributed by atoms with Crippen LogP contribution in [0, 0.1) is 17.8 Å². The van der Waals surface area contributed by atoms with Crippen molar-refractivity contribution in [3.8, 4) is 17.6 Å². The highest BCUT2D eigenvalue weighted by Gasteiger charge is 2.76. The molecule has 10 rings (SSSR count). The molecule has 3 fully saturated rings. The molecule has 1 aliphatic carbocycles. The van der Waals surface area contributed by atoms with E-state index in [0.717, 1.165) is 40.8 Å². The van der Waals surface area contributed by atoms with Gasteiger partial charge in [0.15, 0.2) is 5.13 Å². The van der Waals surface area contributed by atoms with Gasteiger partial charge in [0.05, 0.1) is 40.5 Å². The zero-order chi connectivity index (χ0) is 46.3. The average Bonchev–Trinajstić information content (AvgIpc) is 3.91. The molecule has 0 bridgehead atoms. The number of aromatic nitrogens is 1. The number of carbonyl (C=O) groups excluding carboxylic acids is 4. The minimum absolute atomic E-state index is 0.0483. The summed E-state index contributed by atoms with van der Waals surface area (Å²) >= 11 is 1.24. The van der Waals surface area contributed by atoms with Crippen LogP contribution >= 0.6 is 11.3 Å². The summed E-state index contributed by atoms with van der Waals surface area (Å²) in [5, 5.41) is 25.7. The molecule has 14 heteroatoms. The summed E-state index contributed by atoms with van der Waals surface area (Å²) in [5.74, 6) is 2.43. The van der Waals surface area contributed by atoms with E-state index < -0.39 is 65.0 Å². The van der Waals surface area contributed by atoms with E-state index in [2.05, 4.69) is 17.2 Å². The zero-order valence-corrected chi connectivity index (χ0v) is 37.5. The standard InChI is InChI=1S/C53H48N4O9S/c1-64-30-31-65-51(62)56-40-25-20-33(26-29-52(63)27-12-2-3-13-28-52)32-38(40)53(49(56)61)42(47(59)55-50-54-39-18-10-11-19-41(39)67-50)44-48(60)66-45(35-16-8-5-9-17-35)43(34-14-6-4-7-15-34)57(44)46(53)36-21-23-37(58)24-22-36/h4-11,14-25,32,42-46,58,63H,2-3,12-13,27-28,30-31H2,1H3,(H,54,55,59)/t42-,43-,44-,45+,46+,53-/m0/s1. The van der Waals surface area contributed by atoms with Crippen molar-refractivity contribution in [3.05, 3.63) is 155 Å². The molecular weight excluding hydrogens is 869 g/mol. The van der Waals surface area contributed by atoms with Gasteiger partial charge in [-0.1, -0.05) is 121 Å².